The Balaban J connectivity index is 1.26. The van der Waals surface area contributed by atoms with Crippen molar-refractivity contribution in [3.8, 4) is 17.3 Å². The Morgan fingerprint density at radius 1 is 1.12 bits per heavy atom. The monoisotopic (exact) mass is 467 g/mol. The number of aryl methyl sites for hydroxylation is 1. The van der Waals surface area contributed by atoms with Crippen LogP contribution in [0.15, 0.2) is 48.9 Å². The summed E-state index contributed by atoms with van der Waals surface area (Å²) in [4.78, 5) is 32.4. The Morgan fingerprint density at radius 2 is 1.91 bits per heavy atom. The number of aromatic nitrogens is 4. The predicted molar refractivity (Wildman–Crippen MR) is 114 cm³/mol. The average molecular weight is 467 g/mol. The molecule has 1 aliphatic heterocycles. The van der Waals surface area contributed by atoms with Gasteiger partial charge in [-0.05, 0) is 49.9 Å². The Morgan fingerprint density at radius 3 is 2.62 bits per heavy atom. The fourth-order valence-electron chi connectivity index (χ4n) is 5.50. The molecule has 3 aromatic heterocycles. The number of pyridine rings is 2. The van der Waals surface area contributed by atoms with Crippen molar-refractivity contribution in [3.05, 3.63) is 65.9 Å². The van der Waals surface area contributed by atoms with Gasteiger partial charge in [-0.1, -0.05) is 0 Å². The van der Waals surface area contributed by atoms with Crippen molar-refractivity contribution >= 4 is 5.91 Å². The van der Waals surface area contributed by atoms with Crippen LogP contribution in [0.3, 0.4) is 0 Å². The van der Waals surface area contributed by atoms with Crippen LogP contribution in [-0.4, -0.2) is 49.4 Å². The van der Waals surface area contributed by atoms with E-state index in [0.29, 0.717) is 35.2 Å². The summed E-state index contributed by atoms with van der Waals surface area (Å²) < 4.78 is 44.5. The Bertz CT molecular complexity index is 1270. The van der Waals surface area contributed by atoms with Gasteiger partial charge in [-0.3, -0.25) is 4.79 Å². The fraction of sp³-hybridized carbons (Fsp3) is 0.375. The second-order valence-corrected chi connectivity index (χ2v) is 9.20. The van der Waals surface area contributed by atoms with Crippen LogP contribution in [-0.2, 0) is 6.18 Å². The van der Waals surface area contributed by atoms with Gasteiger partial charge in [-0.25, -0.2) is 19.9 Å². The molecule has 34 heavy (non-hydrogen) atoms. The third-order valence-electron chi connectivity index (χ3n) is 7.20. The molecular formula is C24H20F3N5O2. The van der Waals surface area contributed by atoms with Crippen LogP contribution < -0.4 is 4.74 Å². The molecule has 3 aliphatic rings. The number of likely N-dealkylation sites (tertiary alicyclic amines) is 1. The maximum absolute atomic E-state index is 13.7. The summed E-state index contributed by atoms with van der Waals surface area (Å²) in [7, 11) is 0. The molecule has 1 spiro atoms. The largest absolute Gasteiger partial charge is 0.472 e. The Labute approximate surface area is 193 Å². The van der Waals surface area contributed by atoms with E-state index in [4.69, 9.17) is 4.74 Å². The summed E-state index contributed by atoms with van der Waals surface area (Å²) >= 11 is 0. The number of hydrogen-bond donors (Lipinski definition) is 0. The summed E-state index contributed by atoms with van der Waals surface area (Å²) in [6.07, 6.45) is 0.990. The average Bonchev–Trinajstić information content (AvgIpc) is 3.47. The van der Waals surface area contributed by atoms with E-state index < -0.39 is 11.7 Å². The van der Waals surface area contributed by atoms with E-state index in [1.54, 1.807) is 29.4 Å². The quantitative estimate of drug-likeness (QED) is 0.578. The number of rotatable bonds is 4. The lowest BCUT2D eigenvalue weighted by molar-refractivity contribution is -0.137. The van der Waals surface area contributed by atoms with Crippen molar-refractivity contribution in [2.75, 3.05) is 6.54 Å². The van der Waals surface area contributed by atoms with Crippen LogP contribution in [0.25, 0.3) is 11.4 Å². The molecule has 4 heterocycles. The first kappa shape index (κ1) is 21.0. The molecule has 1 amide bonds. The van der Waals surface area contributed by atoms with Gasteiger partial charge >= 0.3 is 6.18 Å². The molecule has 2 aliphatic carbocycles. The highest BCUT2D eigenvalue weighted by Gasteiger charge is 2.76. The molecule has 4 atom stereocenters. The predicted octanol–water partition coefficient (Wildman–Crippen LogP) is 3.94. The summed E-state index contributed by atoms with van der Waals surface area (Å²) in [5.74, 6) is 0.740. The molecule has 3 fully saturated rings. The van der Waals surface area contributed by atoms with E-state index in [2.05, 4.69) is 19.9 Å². The molecule has 0 bridgehead atoms. The van der Waals surface area contributed by atoms with Gasteiger partial charge in [0.1, 0.15) is 11.8 Å². The van der Waals surface area contributed by atoms with E-state index >= 15 is 0 Å². The maximum Gasteiger partial charge on any atom is 0.417 e. The standard InChI is InChI=1S/C24H20F3N5O2/c1-13-3-5-16(21-28-7-2-8-29-21)19(31-13)22(33)32-12-15-9-23(15)10-17(20(23)32)34-18-6-4-14(11-30-18)24(25,26)27/h2-8,11,15,17,20H,9-10,12H2,1H3. The number of hydrogen-bond acceptors (Lipinski definition) is 6. The van der Waals surface area contributed by atoms with Crippen LogP contribution in [0.5, 0.6) is 5.88 Å². The number of piperidine rings is 1. The summed E-state index contributed by atoms with van der Waals surface area (Å²) in [5.41, 5.74) is 0.760. The molecule has 3 aromatic rings. The number of carbonyl (C=O) groups is 1. The number of alkyl halides is 3. The van der Waals surface area contributed by atoms with Crippen molar-refractivity contribution in [1.82, 2.24) is 24.8 Å². The molecule has 7 nitrogen and oxygen atoms in total. The zero-order valence-corrected chi connectivity index (χ0v) is 18.2. The first-order valence-corrected chi connectivity index (χ1v) is 11.0. The fourth-order valence-corrected chi connectivity index (χ4v) is 5.50. The van der Waals surface area contributed by atoms with Crippen LogP contribution >= 0.6 is 0 Å². The SMILES string of the molecule is Cc1ccc(-c2ncccn2)c(C(=O)N2CC3CC34CC(Oc3ccc(C(F)(F)F)cn3)C24)n1. The van der Waals surface area contributed by atoms with Gasteiger partial charge in [-0.15, -0.1) is 0 Å². The second kappa shape index (κ2) is 7.22. The molecule has 10 heteroatoms. The van der Waals surface area contributed by atoms with Crippen molar-refractivity contribution in [2.45, 2.75) is 38.1 Å². The summed E-state index contributed by atoms with van der Waals surface area (Å²) in [5, 5.41) is 0. The first-order valence-electron chi connectivity index (χ1n) is 11.0. The lowest BCUT2D eigenvalue weighted by atomic mass is 9.73. The van der Waals surface area contributed by atoms with E-state index in [0.717, 1.165) is 25.1 Å². The minimum Gasteiger partial charge on any atom is -0.472 e. The van der Waals surface area contributed by atoms with E-state index in [1.807, 2.05) is 13.0 Å². The lowest BCUT2D eigenvalue weighted by Crippen LogP contribution is -2.59. The molecule has 174 valence electrons. The molecule has 0 N–H and O–H groups in total. The van der Waals surface area contributed by atoms with Crippen molar-refractivity contribution in [1.29, 1.82) is 0 Å². The number of amides is 1. The van der Waals surface area contributed by atoms with Gasteiger partial charge in [0.2, 0.25) is 5.88 Å². The number of halogens is 3. The highest BCUT2D eigenvalue weighted by atomic mass is 19.4. The molecule has 1 saturated heterocycles. The van der Waals surface area contributed by atoms with Crippen LogP contribution in [0, 0.1) is 18.3 Å². The summed E-state index contributed by atoms with van der Waals surface area (Å²) in [6.45, 7) is 2.43. The zero-order valence-electron chi connectivity index (χ0n) is 18.2. The van der Waals surface area contributed by atoms with Crippen molar-refractivity contribution in [3.63, 3.8) is 0 Å². The minimum absolute atomic E-state index is 0.0273. The van der Waals surface area contributed by atoms with Crippen LogP contribution in [0.2, 0.25) is 0 Å². The molecule has 0 radical (unpaired) electrons. The van der Waals surface area contributed by atoms with Gasteiger partial charge < -0.3 is 9.64 Å². The number of carbonyl (C=O) groups excluding carboxylic acids is 1. The zero-order chi connectivity index (χ0) is 23.7. The van der Waals surface area contributed by atoms with Gasteiger partial charge in [0.15, 0.2) is 5.82 Å². The topological polar surface area (TPSA) is 81.1 Å². The molecule has 0 aromatic carbocycles. The maximum atomic E-state index is 13.7. The van der Waals surface area contributed by atoms with Crippen LogP contribution in [0.4, 0.5) is 13.2 Å². The van der Waals surface area contributed by atoms with E-state index in [9.17, 15) is 18.0 Å². The normalized spacial score (nSPS) is 26.9. The van der Waals surface area contributed by atoms with Crippen molar-refractivity contribution in [2.24, 2.45) is 11.3 Å². The number of ether oxygens (including phenoxy) is 1. The smallest absolute Gasteiger partial charge is 0.417 e. The molecule has 6 rings (SSSR count). The lowest BCUT2D eigenvalue weighted by Gasteiger charge is -2.46. The van der Waals surface area contributed by atoms with Crippen molar-refractivity contribution < 1.29 is 22.7 Å². The second-order valence-electron chi connectivity index (χ2n) is 9.20. The Kier molecular flexibility index (Phi) is 4.46. The molecular weight excluding hydrogens is 447 g/mol. The first-order chi connectivity index (χ1) is 16.3. The Hall–Kier alpha value is -3.56. The van der Waals surface area contributed by atoms with E-state index in [1.165, 1.54) is 6.07 Å². The molecule has 2 saturated carbocycles. The third kappa shape index (κ3) is 3.23. The van der Waals surface area contributed by atoms with Gasteiger partial charge in [0.25, 0.3) is 5.91 Å². The van der Waals surface area contributed by atoms with E-state index in [-0.39, 0.29) is 29.3 Å². The number of nitrogens with zero attached hydrogens (tertiary/aromatic N) is 5. The molecule has 4 unspecified atom stereocenters. The highest BCUT2D eigenvalue weighted by molar-refractivity contribution is 5.99. The van der Waals surface area contributed by atoms with Crippen LogP contribution in [0.1, 0.15) is 34.6 Å². The van der Waals surface area contributed by atoms with Gasteiger partial charge in [0, 0.05) is 42.3 Å². The van der Waals surface area contributed by atoms with Gasteiger partial charge in [0.05, 0.1) is 17.2 Å². The minimum atomic E-state index is -4.46. The summed E-state index contributed by atoms with van der Waals surface area (Å²) in [6, 6.07) is 7.34. The third-order valence-corrected chi connectivity index (χ3v) is 7.20. The highest BCUT2D eigenvalue weighted by Crippen LogP contribution is 2.71. The van der Waals surface area contributed by atoms with Gasteiger partial charge in [-0.2, -0.15) is 13.2 Å².